The average Bonchev–Trinajstić information content (AvgIpc) is 1.45. The van der Waals surface area contributed by atoms with Gasteiger partial charge in [0, 0.05) is 47.3 Å². The van der Waals surface area contributed by atoms with Crippen LogP contribution in [0.1, 0.15) is 47.9 Å². The number of hydrogen-bond acceptors (Lipinski definition) is 10. The maximum Gasteiger partial charge on any atom is 0.418 e. The second-order valence-electron chi connectivity index (χ2n) is 28.6. The SMILES string of the molecule is O=C1[C@@H]2[C@H]3C[C@H]4[C@@H]2C(=O)N1Cc1ccccc1CN1C(=O)[C@@H]2[C@H]5C[C@@H]([C@@H]2C1=O)[C@H]1[C@@H]5C2(C(F)(F)F)OC1(C(F)(F)F)[C@@H]1[C@@H]5C[C@@H]([C@@H]6C(=O)N(Cc7ccccc7CN7C(=O)[C@@H]8[C@H]9C[C@@H]([C@@H]8C7=O)[C@H]7[C@@H]9C8(C(F)(F)F)OC7(C(F)(F)F)[C@H]3[C@H]48)C(=O)[C@H]56)[C@@H]12. The summed E-state index contributed by atoms with van der Waals surface area (Å²) in [5, 5.41) is 0. The summed E-state index contributed by atoms with van der Waals surface area (Å²) in [6, 6.07) is 11.5. The van der Waals surface area contributed by atoms with Crippen molar-refractivity contribution < 1.29 is 101 Å². The fourth-order valence-electron chi connectivity index (χ4n) is 25.7. The molecule has 452 valence electrons. The fourth-order valence-corrected chi connectivity index (χ4v) is 25.7. The van der Waals surface area contributed by atoms with Gasteiger partial charge < -0.3 is 9.47 Å². The van der Waals surface area contributed by atoms with Crippen LogP contribution < -0.4 is 0 Å². The Kier molecular flexibility index (Phi) is 9.00. The summed E-state index contributed by atoms with van der Waals surface area (Å²) in [6.07, 6.45) is -23.6. The molecule has 8 saturated carbocycles. The molecule has 12 aliphatic heterocycles. The molecule has 2 aromatic rings. The van der Waals surface area contributed by atoms with Crippen molar-refractivity contribution in [2.24, 2.45) is 142 Å². The van der Waals surface area contributed by atoms with E-state index in [9.17, 15) is 38.4 Å². The van der Waals surface area contributed by atoms with Gasteiger partial charge in [0.2, 0.25) is 47.3 Å². The Labute approximate surface area is 477 Å². The standard InChI is InChI=1S/C60H48F12N4O10/c61-57(62,63)53-37-21-9-22-30-29(21)45(77)73(46(30)78)13-17-5-1-2-6-18(17)14-74-47(79)31-23-10-24(32(31)48(74)80)40-39(23)55(59(67,68)69)43-27-12-28(44(43)56(40,86-55)60(70,71)72)36-35(27)51(83)76(52(36)84)16-20-8-4-3-7-19(20)15-75-49(81)33-25-11-26(34(33)50(75)82)42(41(25)53)54(85-53,38(22)37)58(64,65)66/h1-8,21-44H,9-16H2/t21-,22+,23-,24+,25+,26-,27+,28-,29-,30+,31-,32+,33+,34-,35+,36-,37-,38+,39-,40+,41+,42-,43+,44-,53?,54?,55?,56?. The zero-order valence-corrected chi connectivity index (χ0v) is 44.5. The van der Waals surface area contributed by atoms with Crippen LogP contribution in [0.4, 0.5) is 52.7 Å². The van der Waals surface area contributed by atoms with Gasteiger partial charge in [-0.25, -0.2) is 0 Å². The number of hydrogen-bond donors (Lipinski definition) is 0. The smallest absolute Gasteiger partial charge is 0.348 e. The Morgan fingerprint density at radius 1 is 0.291 bits per heavy atom. The molecule has 86 heavy (non-hydrogen) atoms. The third kappa shape index (κ3) is 5.02. The summed E-state index contributed by atoms with van der Waals surface area (Å²) < 4.78 is 211. The van der Waals surface area contributed by atoms with Crippen molar-refractivity contribution in [3.63, 3.8) is 0 Å². The second kappa shape index (κ2) is 14.9. The number of alkyl halides is 12. The molecule has 14 nitrogen and oxygen atoms in total. The summed E-state index contributed by atoms with van der Waals surface area (Å²) in [7, 11) is 0. The number of ether oxygens (including phenoxy) is 2. The van der Waals surface area contributed by atoms with Gasteiger partial charge in [-0.15, -0.1) is 0 Å². The minimum Gasteiger partial charge on any atom is -0.348 e. The first kappa shape index (κ1) is 52.1. The van der Waals surface area contributed by atoms with E-state index in [-0.39, 0.29) is 47.9 Å². The van der Waals surface area contributed by atoms with Crippen LogP contribution in [0.15, 0.2) is 48.5 Å². The molecule has 22 rings (SSSR count). The van der Waals surface area contributed by atoms with Crippen LogP contribution in [0.3, 0.4) is 0 Å². The van der Waals surface area contributed by atoms with E-state index in [1.54, 1.807) is 0 Å². The minimum absolute atomic E-state index is 0.0975. The lowest BCUT2D eigenvalue weighted by atomic mass is 9.46. The first-order valence-corrected chi connectivity index (χ1v) is 29.7. The van der Waals surface area contributed by atoms with Gasteiger partial charge in [-0.2, -0.15) is 52.7 Å². The largest absolute Gasteiger partial charge is 0.418 e. The molecule has 0 spiro atoms. The molecule has 8 amide bonds. The van der Waals surface area contributed by atoms with Crippen molar-refractivity contribution in [2.45, 2.75) is 99.0 Å². The molecule has 26 heteroatoms. The number of imide groups is 4. The number of nitrogens with zero attached hydrogens (tertiary/aromatic N) is 4. The Bertz CT molecular complexity index is 3080. The number of rotatable bonds is 0. The monoisotopic (exact) mass is 1210 g/mol. The molecule has 16 fully saturated rings. The summed E-state index contributed by atoms with van der Waals surface area (Å²) >= 11 is 0. The Balaban J connectivity index is 0.757. The van der Waals surface area contributed by atoms with Crippen LogP contribution in [0, 0.1) is 142 Å². The van der Waals surface area contributed by atoms with Crippen LogP contribution in [-0.2, 0) is 74.0 Å². The number of carbonyl (C=O) groups excluding carboxylic acids is 8. The molecule has 28 atom stereocenters. The van der Waals surface area contributed by atoms with Gasteiger partial charge in [-0.1, -0.05) is 48.5 Å². The molecular weight excluding hydrogens is 1160 g/mol. The van der Waals surface area contributed by atoms with E-state index < -0.39 is 263 Å². The van der Waals surface area contributed by atoms with Crippen molar-refractivity contribution in [3.8, 4) is 0 Å². The van der Waals surface area contributed by atoms with Crippen LogP contribution in [-0.4, -0.2) is 114 Å². The first-order valence-electron chi connectivity index (χ1n) is 29.7. The maximum atomic E-state index is 16.6. The highest BCUT2D eigenvalue weighted by molar-refractivity contribution is 6.09. The Hall–Kier alpha value is -5.92. The van der Waals surface area contributed by atoms with Crippen LogP contribution in [0.25, 0.3) is 0 Å². The number of benzene rings is 2. The van der Waals surface area contributed by atoms with E-state index in [4.69, 9.17) is 9.47 Å². The van der Waals surface area contributed by atoms with Gasteiger partial charge in [0.05, 0.1) is 73.5 Å². The van der Waals surface area contributed by atoms with Crippen LogP contribution >= 0.6 is 0 Å². The highest BCUT2D eigenvalue weighted by Gasteiger charge is 3.00. The lowest BCUT2D eigenvalue weighted by molar-refractivity contribution is -0.330. The maximum absolute atomic E-state index is 16.6. The number of halogens is 12. The van der Waals surface area contributed by atoms with E-state index >= 15 is 52.7 Å². The van der Waals surface area contributed by atoms with E-state index in [0.29, 0.717) is 0 Å². The molecule has 4 unspecified atom stereocenters. The van der Waals surface area contributed by atoms with Crippen molar-refractivity contribution in [1.82, 2.24) is 19.6 Å². The zero-order chi connectivity index (χ0) is 59.8. The molecule has 24 bridgehead atoms. The van der Waals surface area contributed by atoms with Gasteiger partial charge >= 0.3 is 24.7 Å². The Morgan fingerprint density at radius 3 is 0.581 bits per heavy atom. The zero-order valence-electron chi connectivity index (χ0n) is 44.5. The summed E-state index contributed by atoms with van der Waals surface area (Å²) in [6.45, 7) is -2.56. The number of amides is 8. The predicted octanol–water partition coefficient (Wildman–Crippen LogP) is 6.63. The van der Waals surface area contributed by atoms with E-state index in [2.05, 4.69) is 0 Å². The van der Waals surface area contributed by atoms with Crippen molar-refractivity contribution >= 4 is 47.3 Å². The summed E-state index contributed by atoms with van der Waals surface area (Å²) in [5.41, 5.74) is -13.9. The van der Waals surface area contributed by atoms with Crippen molar-refractivity contribution in [2.75, 3.05) is 0 Å². The normalized spacial score (nSPS) is 51.3. The van der Waals surface area contributed by atoms with E-state index in [1.165, 1.54) is 48.5 Å². The second-order valence-corrected chi connectivity index (χ2v) is 28.6. The van der Waals surface area contributed by atoms with Crippen LogP contribution in [0.5, 0.6) is 0 Å². The highest BCUT2D eigenvalue weighted by atomic mass is 19.4. The molecule has 12 heterocycles. The lowest BCUT2D eigenvalue weighted by Crippen LogP contribution is -2.66. The lowest BCUT2D eigenvalue weighted by Gasteiger charge is -2.53. The molecular formula is C60H48F12N4O10. The Morgan fingerprint density at radius 2 is 0.442 bits per heavy atom. The molecule has 8 aliphatic carbocycles. The third-order valence-electron chi connectivity index (χ3n) is 27.0. The van der Waals surface area contributed by atoms with Crippen LogP contribution in [0.2, 0.25) is 0 Å². The molecule has 0 radical (unpaired) electrons. The van der Waals surface area contributed by atoms with E-state index in [1.807, 2.05) is 0 Å². The van der Waals surface area contributed by atoms with Gasteiger partial charge in [0.1, 0.15) is 0 Å². The molecule has 20 aliphatic rings. The first-order chi connectivity index (χ1) is 40.5. The van der Waals surface area contributed by atoms with Gasteiger partial charge in [0.15, 0.2) is 22.4 Å². The van der Waals surface area contributed by atoms with Gasteiger partial charge in [-0.05, 0) is 95.3 Å². The highest BCUT2D eigenvalue weighted by Crippen LogP contribution is 2.89. The topological polar surface area (TPSA) is 168 Å². The van der Waals surface area contributed by atoms with Crippen molar-refractivity contribution in [1.29, 1.82) is 0 Å². The minimum atomic E-state index is -5.53. The van der Waals surface area contributed by atoms with Gasteiger partial charge in [-0.3, -0.25) is 58.0 Å². The van der Waals surface area contributed by atoms with Gasteiger partial charge in [0.25, 0.3) is 0 Å². The quantitative estimate of drug-likeness (QED) is 0.207. The average molecular weight is 1210 g/mol. The predicted molar refractivity (Wildman–Crippen MR) is 255 cm³/mol. The molecule has 8 saturated heterocycles. The molecule has 0 N–H and O–H groups in total. The molecule has 2 aromatic carbocycles. The third-order valence-corrected chi connectivity index (χ3v) is 27.0. The number of carbonyl (C=O) groups is 8. The molecule has 0 aromatic heterocycles. The fraction of sp³-hybridized carbons (Fsp3) is 0.667. The van der Waals surface area contributed by atoms with E-state index in [0.717, 1.165) is 19.6 Å². The summed E-state index contributed by atoms with van der Waals surface area (Å²) in [5.74, 6) is -47.8. The van der Waals surface area contributed by atoms with Crippen molar-refractivity contribution in [3.05, 3.63) is 70.8 Å². The summed E-state index contributed by atoms with van der Waals surface area (Å²) in [4.78, 5) is 122.